The van der Waals surface area contributed by atoms with Crippen LogP contribution in [0.3, 0.4) is 0 Å². The van der Waals surface area contributed by atoms with E-state index in [-0.39, 0.29) is 34.4 Å². The summed E-state index contributed by atoms with van der Waals surface area (Å²) in [6.45, 7) is 1.54. The lowest BCUT2D eigenvalue weighted by Gasteiger charge is -2.19. The number of carbonyl (C=O) groups is 1. The molecule has 0 spiro atoms. The number of thiophene rings is 1. The van der Waals surface area contributed by atoms with E-state index in [1.807, 2.05) is 6.07 Å². The highest BCUT2D eigenvalue weighted by molar-refractivity contribution is 7.12. The van der Waals surface area contributed by atoms with E-state index >= 15 is 0 Å². The van der Waals surface area contributed by atoms with Crippen LogP contribution < -0.4 is 5.56 Å². The Balaban J connectivity index is 2.27. The molecule has 0 radical (unpaired) electrons. The number of aromatic nitrogens is 1. The van der Waals surface area contributed by atoms with Crippen LogP contribution in [0.4, 0.5) is 0 Å². The summed E-state index contributed by atoms with van der Waals surface area (Å²) in [6.07, 6.45) is 3.49. The summed E-state index contributed by atoms with van der Waals surface area (Å²) in [6, 6.07) is 5.18. The Morgan fingerprint density at radius 2 is 2.13 bits per heavy atom. The fraction of sp³-hybridized carbons (Fsp3) is 0.353. The molecule has 3 rings (SSSR count). The Morgan fingerprint density at radius 1 is 1.43 bits per heavy atom. The summed E-state index contributed by atoms with van der Waals surface area (Å²) in [5, 5.41) is 21.8. The van der Waals surface area contributed by atoms with Crippen LogP contribution in [-0.4, -0.2) is 15.5 Å². The summed E-state index contributed by atoms with van der Waals surface area (Å²) >= 11 is 1.27. The van der Waals surface area contributed by atoms with Gasteiger partial charge in [-0.15, -0.1) is 11.3 Å². The van der Waals surface area contributed by atoms with Gasteiger partial charge in [0.1, 0.15) is 11.6 Å². The fourth-order valence-electron chi connectivity index (χ4n) is 3.23. The van der Waals surface area contributed by atoms with Gasteiger partial charge in [-0.05, 0) is 36.8 Å². The summed E-state index contributed by atoms with van der Waals surface area (Å²) in [7, 11) is 0. The van der Waals surface area contributed by atoms with Crippen molar-refractivity contribution in [2.45, 2.75) is 38.6 Å². The monoisotopic (exact) mass is 328 g/mol. The van der Waals surface area contributed by atoms with Crippen molar-refractivity contribution in [3.63, 3.8) is 0 Å². The van der Waals surface area contributed by atoms with Crippen LogP contribution in [0.15, 0.2) is 22.3 Å². The van der Waals surface area contributed by atoms with Crippen LogP contribution in [0.1, 0.15) is 58.1 Å². The van der Waals surface area contributed by atoms with Crippen molar-refractivity contribution >= 4 is 17.1 Å². The lowest BCUT2D eigenvalue weighted by molar-refractivity contribution is 0.103. The Kier molecular flexibility index (Phi) is 4.05. The minimum atomic E-state index is -0.503. The number of nitriles is 1. The van der Waals surface area contributed by atoms with E-state index < -0.39 is 5.56 Å². The molecule has 0 aliphatic heterocycles. The molecule has 0 amide bonds. The summed E-state index contributed by atoms with van der Waals surface area (Å²) in [5.41, 5.74) is -0.245. The molecule has 1 aliphatic rings. The highest BCUT2D eigenvalue weighted by Gasteiger charge is 2.29. The molecule has 1 saturated carbocycles. The lowest BCUT2D eigenvalue weighted by atomic mass is 10.00. The molecule has 23 heavy (non-hydrogen) atoms. The highest BCUT2D eigenvalue weighted by Crippen LogP contribution is 2.34. The zero-order valence-corrected chi connectivity index (χ0v) is 13.5. The molecule has 0 atom stereocenters. The molecule has 1 fully saturated rings. The number of aromatic hydroxyl groups is 1. The smallest absolute Gasteiger partial charge is 0.271 e. The van der Waals surface area contributed by atoms with Crippen molar-refractivity contribution in [1.29, 1.82) is 5.26 Å². The number of hydrogen-bond donors (Lipinski definition) is 1. The fourth-order valence-corrected chi connectivity index (χ4v) is 3.90. The van der Waals surface area contributed by atoms with Crippen LogP contribution in [0.25, 0.3) is 0 Å². The van der Waals surface area contributed by atoms with Crippen LogP contribution in [-0.2, 0) is 0 Å². The first-order valence-electron chi connectivity index (χ1n) is 7.52. The molecular weight excluding hydrogens is 312 g/mol. The predicted molar refractivity (Wildman–Crippen MR) is 87.1 cm³/mol. The SMILES string of the molecule is Cc1c(C(=O)c2cccs2)c(O)n(C2CCCC2)c(=O)c1C#N. The maximum Gasteiger partial charge on any atom is 0.271 e. The number of carbonyl (C=O) groups excluding carboxylic acids is 1. The maximum absolute atomic E-state index is 12.7. The topological polar surface area (TPSA) is 83.1 Å². The van der Waals surface area contributed by atoms with Crippen LogP contribution in [0.2, 0.25) is 0 Å². The molecule has 1 N–H and O–H groups in total. The van der Waals surface area contributed by atoms with Crippen LogP contribution in [0.5, 0.6) is 5.88 Å². The molecule has 1 aliphatic carbocycles. The van der Waals surface area contributed by atoms with E-state index in [1.165, 1.54) is 15.9 Å². The Hall–Kier alpha value is -2.39. The molecule has 0 aromatic carbocycles. The lowest BCUT2D eigenvalue weighted by Crippen LogP contribution is -2.29. The molecular formula is C17H16N2O3S. The van der Waals surface area contributed by atoms with E-state index in [4.69, 9.17) is 0 Å². The van der Waals surface area contributed by atoms with Gasteiger partial charge in [-0.25, -0.2) is 0 Å². The third-order valence-electron chi connectivity index (χ3n) is 4.41. The molecule has 2 heterocycles. The standard InChI is InChI=1S/C17H16N2O3S/c1-10-12(9-18)16(21)19(11-5-2-3-6-11)17(22)14(10)15(20)13-7-4-8-23-13/h4,7-8,11,22H,2-3,5-6H2,1H3. The molecule has 118 valence electrons. The van der Waals surface area contributed by atoms with Gasteiger partial charge in [-0.3, -0.25) is 14.2 Å². The van der Waals surface area contributed by atoms with E-state index in [1.54, 1.807) is 24.4 Å². The second-order valence-electron chi connectivity index (χ2n) is 5.73. The predicted octanol–water partition coefficient (Wildman–Crippen LogP) is 3.14. The number of pyridine rings is 1. The molecule has 0 bridgehead atoms. The Bertz CT molecular complexity index is 853. The Morgan fingerprint density at radius 3 is 2.70 bits per heavy atom. The molecule has 0 unspecified atom stereocenters. The van der Waals surface area contributed by atoms with Crippen LogP contribution in [0, 0.1) is 18.3 Å². The Labute approximate surface area is 137 Å². The van der Waals surface area contributed by atoms with Gasteiger partial charge >= 0.3 is 0 Å². The maximum atomic E-state index is 12.7. The van der Waals surface area contributed by atoms with Gasteiger partial charge in [0.05, 0.1) is 10.4 Å². The van der Waals surface area contributed by atoms with E-state index in [0.717, 1.165) is 25.7 Å². The number of ketones is 1. The largest absolute Gasteiger partial charge is 0.494 e. The summed E-state index contributed by atoms with van der Waals surface area (Å²) < 4.78 is 1.25. The second-order valence-corrected chi connectivity index (χ2v) is 6.68. The van der Waals surface area contributed by atoms with Gasteiger partial charge < -0.3 is 5.11 Å². The van der Waals surface area contributed by atoms with Gasteiger partial charge in [0.2, 0.25) is 11.7 Å². The molecule has 6 heteroatoms. The highest BCUT2D eigenvalue weighted by atomic mass is 32.1. The third-order valence-corrected chi connectivity index (χ3v) is 5.28. The normalized spacial score (nSPS) is 14.8. The van der Waals surface area contributed by atoms with Crippen molar-refractivity contribution in [2.24, 2.45) is 0 Å². The van der Waals surface area contributed by atoms with Crippen molar-refractivity contribution in [3.05, 3.63) is 49.4 Å². The van der Waals surface area contributed by atoms with E-state index in [2.05, 4.69) is 0 Å². The van der Waals surface area contributed by atoms with Gasteiger partial charge in [-0.1, -0.05) is 18.9 Å². The van der Waals surface area contributed by atoms with Crippen molar-refractivity contribution < 1.29 is 9.90 Å². The third kappa shape index (κ3) is 2.47. The van der Waals surface area contributed by atoms with Crippen LogP contribution >= 0.6 is 11.3 Å². The summed E-state index contributed by atoms with van der Waals surface area (Å²) in [4.78, 5) is 25.8. The number of rotatable bonds is 3. The summed E-state index contributed by atoms with van der Waals surface area (Å²) in [5.74, 6) is -0.657. The van der Waals surface area contributed by atoms with E-state index in [0.29, 0.717) is 4.88 Å². The molecule has 2 aromatic heterocycles. The molecule has 5 nitrogen and oxygen atoms in total. The molecule has 0 saturated heterocycles. The zero-order chi connectivity index (χ0) is 16.6. The van der Waals surface area contributed by atoms with Crippen molar-refractivity contribution in [3.8, 4) is 11.9 Å². The first-order chi connectivity index (χ1) is 11.1. The van der Waals surface area contributed by atoms with Gasteiger partial charge in [0.25, 0.3) is 5.56 Å². The van der Waals surface area contributed by atoms with Gasteiger partial charge in [-0.2, -0.15) is 5.26 Å². The minimum absolute atomic E-state index is 0.0605. The minimum Gasteiger partial charge on any atom is -0.494 e. The average Bonchev–Trinajstić information content (AvgIpc) is 3.21. The van der Waals surface area contributed by atoms with Gasteiger partial charge in [0, 0.05) is 6.04 Å². The number of hydrogen-bond acceptors (Lipinski definition) is 5. The number of nitrogens with zero attached hydrogens (tertiary/aromatic N) is 2. The quantitative estimate of drug-likeness (QED) is 0.877. The first kappa shape index (κ1) is 15.5. The second kappa shape index (κ2) is 6.01. The molecule has 2 aromatic rings. The van der Waals surface area contributed by atoms with Crippen molar-refractivity contribution in [2.75, 3.05) is 0 Å². The first-order valence-corrected chi connectivity index (χ1v) is 8.40. The zero-order valence-electron chi connectivity index (χ0n) is 12.7. The average molecular weight is 328 g/mol. The van der Waals surface area contributed by atoms with Crippen molar-refractivity contribution in [1.82, 2.24) is 4.57 Å². The van der Waals surface area contributed by atoms with Gasteiger partial charge in [0.15, 0.2) is 0 Å². The van der Waals surface area contributed by atoms with E-state index in [9.17, 15) is 20.0 Å².